The summed E-state index contributed by atoms with van der Waals surface area (Å²) >= 11 is 0. The Kier molecular flexibility index (Phi) is 3.63. The monoisotopic (exact) mass is 300 g/mol. The van der Waals surface area contributed by atoms with Gasteiger partial charge in [-0.2, -0.15) is 0 Å². The fourth-order valence-electron chi connectivity index (χ4n) is 2.68. The lowest BCUT2D eigenvalue weighted by Crippen LogP contribution is -2.12. The van der Waals surface area contributed by atoms with Crippen LogP contribution in [0.25, 0.3) is 0 Å². The number of benzene rings is 2. The molecule has 0 fully saturated rings. The van der Waals surface area contributed by atoms with Crippen molar-refractivity contribution in [2.24, 2.45) is 0 Å². The van der Waals surface area contributed by atoms with Crippen LogP contribution in [0, 0.1) is 0 Å². The van der Waals surface area contributed by atoms with Crippen molar-refractivity contribution >= 4 is 6.29 Å². The molecule has 0 aliphatic carbocycles. The molecule has 3 rings (SSSR count). The SMILES string of the molecule is COc1cc2c(cc1OC)C(C=O)c1cccc(OC)c1O2. The van der Waals surface area contributed by atoms with Crippen LogP contribution in [0.5, 0.6) is 28.7 Å². The Morgan fingerprint density at radius 1 is 0.955 bits per heavy atom. The van der Waals surface area contributed by atoms with Gasteiger partial charge in [-0.25, -0.2) is 0 Å². The van der Waals surface area contributed by atoms with Gasteiger partial charge in [0.1, 0.15) is 12.0 Å². The molecule has 1 atom stereocenters. The number of carbonyl (C=O) groups is 1. The van der Waals surface area contributed by atoms with Crippen LogP contribution >= 0.6 is 0 Å². The Balaban J connectivity index is 2.21. The quantitative estimate of drug-likeness (QED) is 0.812. The molecule has 22 heavy (non-hydrogen) atoms. The molecule has 0 spiro atoms. The van der Waals surface area contributed by atoms with Gasteiger partial charge in [0.2, 0.25) is 0 Å². The van der Waals surface area contributed by atoms with Gasteiger partial charge in [0.15, 0.2) is 23.0 Å². The van der Waals surface area contributed by atoms with E-state index in [1.807, 2.05) is 12.1 Å². The molecule has 2 aromatic carbocycles. The van der Waals surface area contributed by atoms with Gasteiger partial charge in [0.05, 0.1) is 27.2 Å². The minimum Gasteiger partial charge on any atom is -0.493 e. The summed E-state index contributed by atoms with van der Waals surface area (Å²) in [6.07, 6.45) is 0.894. The van der Waals surface area contributed by atoms with Gasteiger partial charge in [-0.05, 0) is 12.1 Å². The van der Waals surface area contributed by atoms with Crippen LogP contribution in [-0.4, -0.2) is 27.6 Å². The van der Waals surface area contributed by atoms with Crippen molar-refractivity contribution in [3.63, 3.8) is 0 Å². The highest BCUT2D eigenvalue weighted by Gasteiger charge is 2.30. The molecule has 114 valence electrons. The molecule has 1 aliphatic heterocycles. The number of ether oxygens (including phenoxy) is 4. The van der Waals surface area contributed by atoms with Crippen molar-refractivity contribution in [2.45, 2.75) is 5.92 Å². The fraction of sp³-hybridized carbons (Fsp3) is 0.235. The first-order valence-electron chi connectivity index (χ1n) is 6.79. The smallest absolute Gasteiger partial charge is 0.173 e. The number of methoxy groups -OCH3 is 3. The molecule has 0 bridgehead atoms. The lowest BCUT2D eigenvalue weighted by atomic mass is 9.88. The topological polar surface area (TPSA) is 54.0 Å². The van der Waals surface area contributed by atoms with E-state index in [9.17, 15) is 4.79 Å². The first-order chi connectivity index (χ1) is 10.7. The summed E-state index contributed by atoms with van der Waals surface area (Å²) in [7, 11) is 4.68. The van der Waals surface area contributed by atoms with Crippen LogP contribution in [0.1, 0.15) is 17.0 Å². The Bertz CT molecular complexity index is 723. The average Bonchev–Trinajstić information content (AvgIpc) is 2.57. The molecule has 1 unspecified atom stereocenters. The van der Waals surface area contributed by atoms with Gasteiger partial charge in [0, 0.05) is 17.2 Å². The molecule has 5 heteroatoms. The zero-order chi connectivity index (χ0) is 15.7. The minimum absolute atomic E-state index is 0.436. The molecule has 0 N–H and O–H groups in total. The Morgan fingerprint density at radius 3 is 2.27 bits per heavy atom. The fourth-order valence-corrected chi connectivity index (χ4v) is 2.68. The van der Waals surface area contributed by atoms with E-state index in [0.29, 0.717) is 28.7 Å². The molecule has 0 radical (unpaired) electrons. The second kappa shape index (κ2) is 5.60. The molecule has 0 amide bonds. The second-order valence-corrected chi connectivity index (χ2v) is 4.84. The van der Waals surface area contributed by atoms with Crippen molar-refractivity contribution in [1.29, 1.82) is 0 Å². The van der Waals surface area contributed by atoms with Gasteiger partial charge in [-0.1, -0.05) is 12.1 Å². The summed E-state index contributed by atoms with van der Waals surface area (Å²) in [4.78, 5) is 11.7. The van der Waals surface area contributed by atoms with Crippen molar-refractivity contribution in [2.75, 3.05) is 21.3 Å². The maximum atomic E-state index is 11.7. The summed E-state index contributed by atoms with van der Waals surface area (Å²) in [5.74, 6) is 2.37. The normalized spacial score (nSPS) is 15.1. The molecule has 1 heterocycles. The lowest BCUT2D eigenvalue weighted by Gasteiger charge is -2.27. The summed E-state index contributed by atoms with van der Waals surface area (Å²) in [6, 6.07) is 8.99. The van der Waals surface area contributed by atoms with E-state index in [4.69, 9.17) is 18.9 Å². The molecular weight excluding hydrogens is 284 g/mol. The second-order valence-electron chi connectivity index (χ2n) is 4.84. The van der Waals surface area contributed by atoms with Gasteiger partial charge in [-0.15, -0.1) is 0 Å². The number of aldehydes is 1. The third-order valence-corrected chi connectivity index (χ3v) is 3.76. The lowest BCUT2D eigenvalue weighted by molar-refractivity contribution is -0.108. The summed E-state index contributed by atoms with van der Waals surface area (Å²) in [5.41, 5.74) is 1.52. The third kappa shape index (κ3) is 2.06. The summed E-state index contributed by atoms with van der Waals surface area (Å²) < 4.78 is 21.9. The van der Waals surface area contributed by atoms with Crippen LogP contribution in [0.3, 0.4) is 0 Å². The third-order valence-electron chi connectivity index (χ3n) is 3.76. The summed E-state index contributed by atoms with van der Waals surface area (Å²) in [5, 5.41) is 0. The standard InChI is InChI=1S/C17H16O5/c1-19-13-6-4-5-10-12(9-18)11-7-15(20-2)16(21-3)8-14(11)22-17(10)13/h4-9,12H,1-3H3. The Hall–Kier alpha value is -2.69. The Morgan fingerprint density at radius 2 is 1.64 bits per heavy atom. The van der Waals surface area contributed by atoms with E-state index in [0.717, 1.165) is 17.4 Å². The van der Waals surface area contributed by atoms with Crippen molar-refractivity contribution in [1.82, 2.24) is 0 Å². The van der Waals surface area contributed by atoms with Crippen LogP contribution in [0.4, 0.5) is 0 Å². The first-order valence-corrected chi connectivity index (χ1v) is 6.79. The molecule has 0 saturated heterocycles. The highest BCUT2D eigenvalue weighted by Crippen LogP contribution is 2.50. The number of para-hydroxylation sites is 1. The first kappa shape index (κ1) is 14.3. The van der Waals surface area contributed by atoms with E-state index in [1.165, 1.54) is 0 Å². The number of hydrogen-bond donors (Lipinski definition) is 0. The van der Waals surface area contributed by atoms with Crippen LogP contribution in [0.2, 0.25) is 0 Å². The van der Waals surface area contributed by atoms with E-state index in [-0.39, 0.29) is 0 Å². The van der Waals surface area contributed by atoms with Crippen molar-refractivity contribution in [3.05, 3.63) is 41.5 Å². The van der Waals surface area contributed by atoms with E-state index >= 15 is 0 Å². The van der Waals surface area contributed by atoms with Gasteiger partial charge >= 0.3 is 0 Å². The van der Waals surface area contributed by atoms with E-state index in [1.54, 1.807) is 39.5 Å². The van der Waals surface area contributed by atoms with Gasteiger partial charge in [-0.3, -0.25) is 0 Å². The predicted octanol–water partition coefficient (Wildman–Crippen LogP) is 3.15. The van der Waals surface area contributed by atoms with Crippen LogP contribution < -0.4 is 18.9 Å². The average molecular weight is 300 g/mol. The number of carbonyl (C=O) groups excluding carboxylic acids is 1. The molecule has 5 nitrogen and oxygen atoms in total. The van der Waals surface area contributed by atoms with Crippen molar-refractivity contribution < 1.29 is 23.7 Å². The molecule has 2 aromatic rings. The maximum absolute atomic E-state index is 11.7. The molecular formula is C17H16O5. The van der Waals surface area contributed by atoms with Gasteiger partial charge in [0.25, 0.3) is 0 Å². The highest BCUT2D eigenvalue weighted by atomic mass is 16.5. The van der Waals surface area contributed by atoms with E-state index < -0.39 is 5.92 Å². The van der Waals surface area contributed by atoms with Gasteiger partial charge < -0.3 is 23.7 Å². The van der Waals surface area contributed by atoms with Crippen LogP contribution in [-0.2, 0) is 4.79 Å². The Labute approximate surface area is 128 Å². The van der Waals surface area contributed by atoms with Crippen molar-refractivity contribution in [3.8, 4) is 28.7 Å². The highest BCUT2D eigenvalue weighted by molar-refractivity contribution is 5.77. The number of rotatable bonds is 4. The molecule has 0 aromatic heterocycles. The maximum Gasteiger partial charge on any atom is 0.173 e. The largest absolute Gasteiger partial charge is 0.493 e. The van der Waals surface area contributed by atoms with Crippen LogP contribution in [0.15, 0.2) is 30.3 Å². The predicted molar refractivity (Wildman–Crippen MR) is 80.5 cm³/mol. The zero-order valence-corrected chi connectivity index (χ0v) is 12.6. The van der Waals surface area contributed by atoms with E-state index in [2.05, 4.69) is 0 Å². The molecule has 1 aliphatic rings. The zero-order valence-electron chi connectivity index (χ0n) is 12.6. The summed E-state index contributed by atoms with van der Waals surface area (Å²) in [6.45, 7) is 0. The number of fused-ring (bicyclic) bond motifs is 2. The number of hydrogen-bond acceptors (Lipinski definition) is 5. The molecule has 0 saturated carbocycles. The minimum atomic E-state index is -0.436.